The number of rotatable bonds is 5. The molecule has 0 aliphatic rings. The molecule has 2 amide bonds. The number of carbonyl (C=O) groups is 3. The quantitative estimate of drug-likeness (QED) is 0.481. The number of methoxy groups -OCH3 is 1. The van der Waals surface area contributed by atoms with E-state index in [-0.39, 0.29) is 16.7 Å². The van der Waals surface area contributed by atoms with Gasteiger partial charge in [0.1, 0.15) is 0 Å². The summed E-state index contributed by atoms with van der Waals surface area (Å²) in [5.41, 5.74) is 5.11. The molecule has 0 aliphatic carbocycles. The average molecular weight is 343 g/mol. The number of nitro groups is 1. The van der Waals surface area contributed by atoms with Crippen molar-refractivity contribution in [3.8, 4) is 0 Å². The van der Waals surface area contributed by atoms with Crippen LogP contribution in [0.15, 0.2) is 42.5 Å². The number of primary amides is 1. The fourth-order valence-electron chi connectivity index (χ4n) is 2.00. The maximum Gasteiger partial charge on any atom is 0.338 e. The molecule has 2 rings (SSSR count). The number of non-ortho nitro benzene ring substituents is 1. The molecule has 0 fully saturated rings. The summed E-state index contributed by atoms with van der Waals surface area (Å²) in [5.74, 6) is -2.08. The van der Waals surface area contributed by atoms with Crippen LogP contribution in [0, 0.1) is 10.1 Å². The molecular formula is C16H13N3O6. The second-order valence-electron chi connectivity index (χ2n) is 4.91. The molecule has 2 aromatic rings. The summed E-state index contributed by atoms with van der Waals surface area (Å²) in [5, 5.41) is 13.5. The van der Waals surface area contributed by atoms with E-state index in [1.165, 1.54) is 30.3 Å². The van der Waals surface area contributed by atoms with Gasteiger partial charge in [-0.3, -0.25) is 19.7 Å². The Labute approximate surface area is 141 Å². The molecule has 0 saturated carbocycles. The lowest BCUT2D eigenvalue weighted by atomic mass is 10.1. The van der Waals surface area contributed by atoms with E-state index in [9.17, 15) is 24.5 Å². The predicted molar refractivity (Wildman–Crippen MR) is 87.3 cm³/mol. The number of nitro benzene ring substituents is 1. The van der Waals surface area contributed by atoms with Crippen molar-refractivity contribution in [2.24, 2.45) is 5.73 Å². The second kappa shape index (κ2) is 7.21. The minimum atomic E-state index is -0.802. The van der Waals surface area contributed by atoms with Crippen LogP contribution >= 0.6 is 0 Å². The van der Waals surface area contributed by atoms with Gasteiger partial charge in [-0.25, -0.2) is 4.79 Å². The molecule has 0 bridgehead atoms. The van der Waals surface area contributed by atoms with E-state index in [0.29, 0.717) is 5.69 Å². The lowest BCUT2D eigenvalue weighted by Gasteiger charge is -2.07. The van der Waals surface area contributed by atoms with Crippen LogP contribution in [0.3, 0.4) is 0 Å². The largest absolute Gasteiger partial charge is 0.465 e. The maximum absolute atomic E-state index is 12.3. The minimum absolute atomic E-state index is 0.0893. The number of hydrogen-bond donors (Lipinski definition) is 2. The van der Waals surface area contributed by atoms with E-state index in [0.717, 1.165) is 19.2 Å². The average Bonchev–Trinajstić information content (AvgIpc) is 2.60. The van der Waals surface area contributed by atoms with Gasteiger partial charge in [-0.2, -0.15) is 0 Å². The zero-order valence-electron chi connectivity index (χ0n) is 13.0. The van der Waals surface area contributed by atoms with Gasteiger partial charge < -0.3 is 15.8 Å². The van der Waals surface area contributed by atoms with E-state index < -0.39 is 28.4 Å². The number of hydrogen-bond acceptors (Lipinski definition) is 6. The van der Waals surface area contributed by atoms with Crippen LogP contribution in [-0.2, 0) is 4.74 Å². The first-order valence-corrected chi connectivity index (χ1v) is 6.91. The Kier molecular flexibility index (Phi) is 5.08. The summed E-state index contributed by atoms with van der Waals surface area (Å²) >= 11 is 0. The van der Waals surface area contributed by atoms with Crippen molar-refractivity contribution < 1.29 is 24.0 Å². The molecule has 0 unspecified atom stereocenters. The molecule has 0 aliphatic heterocycles. The maximum atomic E-state index is 12.3. The van der Waals surface area contributed by atoms with Crippen molar-refractivity contribution in [3.63, 3.8) is 0 Å². The van der Waals surface area contributed by atoms with Crippen LogP contribution in [0.2, 0.25) is 0 Å². The monoisotopic (exact) mass is 343 g/mol. The van der Waals surface area contributed by atoms with Crippen LogP contribution in [-0.4, -0.2) is 29.8 Å². The molecule has 0 spiro atoms. The van der Waals surface area contributed by atoms with Crippen LogP contribution in [0.5, 0.6) is 0 Å². The summed E-state index contributed by atoms with van der Waals surface area (Å²) in [4.78, 5) is 45.2. The SMILES string of the molecule is COC(=O)c1cc(C(=O)Nc2ccc(C(N)=O)cc2)cc([N+](=O)[O-])c1. The fourth-order valence-corrected chi connectivity index (χ4v) is 2.00. The van der Waals surface area contributed by atoms with Crippen molar-refractivity contribution in [1.29, 1.82) is 0 Å². The third-order valence-corrected chi connectivity index (χ3v) is 3.24. The van der Waals surface area contributed by atoms with Gasteiger partial charge in [-0.1, -0.05) is 0 Å². The molecule has 128 valence electrons. The van der Waals surface area contributed by atoms with Gasteiger partial charge in [0.05, 0.1) is 17.6 Å². The Balaban J connectivity index is 2.31. The van der Waals surface area contributed by atoms with Gasteiger partial charge in [-0.05, 0) is 30.3 Å². The zero-order chi connectivity index (χ0) is 18.6. The molecule has 2 aromatic carbocycles. The first-order valence-electron chi connectivity index (χ1n) is 6.91. The van der Waals surface area contributed by atoms with E-state index in [2.05, 4.69) is 10.1 Å². The van der Waals surface area contributed by atoms with E-state index >= 15 is 0 Å². The summed E-state index contributed by atoms with van der Waals surface area (Å²) in [6.45, 7) is 0. The van der Waals surface area contributed by atoms with Gasteiger partial charge >= 0.3 is 5.97 Å². The number of nitrogens with two attached hydrogens (primary N) is 1. The summed E-state index contributed by atoms with van der Waals surface area (Å²) in [6.07, 6.45) is 0. The number of amides is 2. The van der Waals surface area contributed by atoms with E-state index in [4.69, 9.17) is 5.73 Å². The lowest BCUT2D eigenvalue weighted by Crippen LogP contribution is -2.14. The van der Waals surface area contributed by atoms with E-state index in [1.807, 2.05) is 0 Å². The number of anilines is 1. The first-order chi connectivity index (χ1) is 11.8. The summed E-state index contributed by atoms with van der Waals surface area (Å²) < 4.78 is 4.52. The van der Waals surface area contributed by atoms with Crippen molar-refractivity contribution in [2.75, 3.05) is 12.4 Å². The van der Waals surface area contributed by atoms with Gasteiger partial charge in [-0.15, -0.1) is 0 Å². The Bertz CT molecular complexity index is 861. The van der Waals surface area contributed by atoms with Crippen LogP contribution in [0.25, 0.3) is 0 Å². The molecule has 25 heavy (non-hydrogen) atoms. The molecule has 0 radical (unpaired) electrons. The number of carbonyl (C=O) groups excluding carboxylic acids is 3. The van der Waals surface area contributed by atoms with Crippen LogP contribution < -0.4 is 11.1 Å². The Morgan fingerprint density at radius 3 is 2.16 bits per heavy atom. The fraction of sp³-hybridized carbons (Fsp3) is 0.0625. The highest BCUT2D eigenvalue weighted by Crippen LogP contribution is 2.19. The van der Waals surface area contributed by atoms with Gasteiger partial charge in [0.15, 0.2) is 0 Å². The highest BCUT2D eigenvalue weighted by Gasteiger charge is 2.18. The second-order valence-corrected chi connectivity index (χ2v) is 4.91. The molecule has 3 N–H and O–H groups in total. The zero-order valence-corrected chi connectivity index (χ0v) is 13.0. The first kappa shape index (κ1) is 17.6. The molecule has 0 saturated heterocycles. The topological polar surface area (TPSA) is 142 Å². The number of ether oxygens (including phenoxy) is 1. The predicted octanol–water partition coefficient (Wildman–Crippen LogP) is 1.73. The van der Waals surface area contributed by atoms with Crippen molar-refractivity contribution >= 4 is 29.2 Å². The molecule has 9 nitrogen and oxygen atoms in total. The van der Waals surface area contributed by atoms with Crippen LogP contribution in [0.4, 0.5) is 11.4 Å². The lowest BCUT2D eigenvalue weighted by molar-refractivity contribution is -0.384. The Morgan fingerprint density at radius 1 is 1.04 bits per heavy atom. The molecule has 0 aromatic heterocycles. The van der Waals surface area contributed by atoms with Crippen molar-refractivity contribution in [2.45, 2.75) is 0 Å². The standard InChI is InChI=1S/C16H13N3O6/c1-25-16(22)11-6-10(7-13(8-11)19(23)24)15(21)18-12-4-2-9(3-5-12)14(17)20/h2-8H,1H3,(H2,17,20)(H,18,21). The molecule has 9 heteroatoms. The smallest absolute Gasteiger partial charge is 0.338 e. The Morgan fingerprint density at radius 2 is 1.64 bits per heavy atom. The Hall–Kier alpha value is -3.75. The molecule has 0 atom stereocenters. The third-order valence-electron chi connectivity index (χ3n) is 3.24. The minimum Gasteiger partial charge on any atom is -0.465 e. The molecular weight excluding hydrogens is 330 g/mol. The number of nitrogens with one attached hydrogen (secondary N) is 1. The van der Waals surface area contributed by atoms with Gasteiger partial charge in [0.2, 0.25) is 5.91 Å². The van der Waals surface area contributed by atoms with Crippen LogP contribution in [0.1, 0.15) is 31.1 Å². The summed E-state index contributed by atoms with van der Waals surface area (Å²) in [7, 11) is 1.13. The van der Waals surface area contributed by atoms with Gasteiger partial charge in [0.25, 0.3) is 11.6 Å². The van der Waals surface area contributed by atoms with Gasteiger partial charge in [0, 0.05) is 28.9 Å². The number of benzene rings is 2. The molecule has 0 heterocycles. The number of nitrogens with zero attached hydrogens (tertiary/aromatic N) is 1. The highest BCUT2D eigenvalue weighted by molar-refractivity contribution is 6.06. The van der Waals surface area contributed by atoms with Crippen molar-refractivity contribution in [3.05, 3.63) is 69.3 Å². The summed E-state index contributed by atoms with van der Waals surface area (Å²) in [6, 6.07) is 9.00. The van der Waals surface area contributed by atoms with Crippen molar-refractivity contribution in [1.82, 2.24) is 0 Å². The number of esters is 1. The van der Waals surface area contributed by atoms with E-state index in [1.54, 1.807) is 0 Å². The normalized spacial score (nSPS) is 9.96. The third kappa shape index (κ3) is 4.16. The highest BCUT2D eigenvalue weighted by atomic mass is 16.6.